The summed E-state index contributed by atoms with van der Waals surface area (Å²) in [6.45, 7) is 3.23. The quantitative estimate of drug-likeness (QED) is 0.776. The molecule has 1 aliphatic heterocycles. The molecule has 19 heavy (non-hydrogen) atoms. The Morgan fingerprint density at radius 1 is 1.47 bits per heavy atom. The average Bonchev–Trinajstić information content (AvgIpc) is 2.89. The number of rotatable bonds is 5. The highest BCUT2D eigenvalue weighted by Crippen LogP contribution is 2.26. The maximum absolute atomic E-state index is 10.7. The largest absolute Gasteiger partial charge is 0.351 e. The van der Waals surface area contributed by atoms with Crippen molar-refractivity contribution in [3.05, 3.63) is 29.8 Å². The predicted molar refractivity (Wildman–Crippen MR) is 81.5 cm³/mol. The van der Waals surface area contributed by atoms with Crippen LogP contribution >= 0.6 is 11.8 Å². The summed E-state index contributed by atoms with van der Waals surface area (Å²) >= 11 is 2.06. The van der Waals surface area contributed by atoms with Gasteiger partial charge in [0.25, 0.3) is 0 Å². The molecule has 1 saturated heterocycles. The maximum Gasteiger partial charge on any atom is 0.316 e. The van der Waals surface area contributed by atoms with Gasteiger partial charge in [0.2, 0.25) is 0 Å². The molecule has 104 valence electrons. The first-order valence-corrected chi connectivity index (χ1v) is 7.71. The van der Waals surface area contributed by atoms with E-state index in [0.717, 1.165) is 17.5 Å². The lowest BCUT2D eigenvalue weighted by Crippen LogP contribution is -2.26. The smallest absolute Gasteiger partial charge is 0.316 e. The van der Waals surface area contributed by atoms with E-state index in [9.17, 15) is 4.79 Å². The summed E-state index contributed by atoms with van der Waals surface area (Å²) in [5.74, 6) is 1.30. The molecule has 0 aliphatic carbocycles. The summed E-state index contributed by atoms with van der Waals surface area (Å²) in [5.41, 5.74) is 7.03. The molecule has 2 rings (SSSR count). The van der Waals surface area contributed by atoms with E-state index < -0.39 is 6.03 Å². The first kappa shape index (κ1) is 14.2. The van der Waals surface area contributed by atoms with Crippen LogP contribution in [0.3, 0.4) is 0 Å². The summed E-state index contributed by atoms with van der Waals surface area (Å²) in [6, 6.07) is 7.58. The molecule has 1 aromatic carbocycles. The van der Waals surface area contributed by atoms with E-state index in [1.807, 2.05) is 24.3 Å². The second-order valence-corrected chi connectivity index (χ2v) is 6.28. The number of hydrogen-bond acceptors (Lipinski definition) is 3. The topological polar surface area (TPSA) is 67.2 Å². The van der Waals surface area contributed by atoms with Crippen molar-refractivity contribution in [1.29, 1.82) is 0 Å². The van der Waals surface area contributed by atoms with Crippen LogP contribution in [-0.2, 0) is 0 Å². The lowest BCUT2D eigenvalue weighted by Gasteiger charge is -2.17. The molecule has 0 saturated carbocycles. The number of carbonyl (C=O) groups excluding carboxylic acids is 1. The second kappa shape index (κ2) is 6.82. The Bertz CT molecular complexity index is 415. The van der Waals surface area contributed by atoms with E-state index in [1.165, 1.54) is 24.2 Å². The molecule has 2 atom stereocenters. The number of thioether (sulfide) groups is 1. The Morgan fingerprint density at radius 3 is 2.79 bits per heavy atom. The van der Waals surface area contributed by atoms with Crippen LogP contribution in [0.15, 0.2) is 24.3 Å². The van der Waals surface area contributed by atoms with Crippen LogP contribution in [0.2, 0.25) is 0 Å². The summed E-state index contributed by atoms with van der Waals surface area (Å²) in [6.07, 6.45) is 2.67. The van der Waals surface area contributed by atoms with Crippen LogP contribution in [0, 0.1) is 0 Å². The molecular formula is C14H21N3OS. The fourth-order valence-electron chi connectivity index (χ4n) is 2.23. The molecule has 4 N–H and O–H groups in total. The van der Waals surface area contributed by atoms with Crippen molar-refractivity contribution in [2.45, 2.75) is 31.1 Å². The monoisotopic (exact) mass is 279 g/mol. The molecule has 4 nitrogen and oxygen atoms in total. The van der Waals surface area contributed by atoms with Crippen molar-refractivity contribution in [2.75, 3.05) is 17.6 Å². The molecule has 0 bridgehead atoms. The Balaban J connectivity index is 1.84. The molecule has 2 unspecified atom stereocenters. The minimum Gasteiger partial charge on any atom is -0.351 e. The van der Waals surface area contributed by atoms with Gasteiger partial charge < -0.3 is 16.4 Å². The summed E-state index contributed by atoms with van der Waals surface area (Å²) < 4.78 is 0. The minimum atomic E-state index is -0.530. The van der Waals surface area contributed by atoms with Gasteiger partial charge >= 0.3 is 6.03 Å². The fraction of sp³-hybridized carbons (Fsp3) is 0.500. The standard InChI is InChI=1S/C14H21N3OS/c1-10(16-9-13-3-2-8-19-13)11-4-6-12(7-5-11)17-14(15)18/h4-7,10,13,16H,2-3,8-9H2,1H3,(H3,15,17,18). The summed E-state index contributed by atoms with van der Waals surface area (Å²) in [5, 5.41) is 6.89. The molecule has 1 heterocycles. The fourth-order valence-corrected chi connectivity index (χ4v) is 3.44. The number of nitrogens with two attached hydrogens (primary N) is 1. The van der Waals surface area contributed by atoms with Gasteiger partial charge in [-0.15, -0.1) is 0 Å². The van der Waals surface area contributed by atoms with Crippen LogP contribution in [0.4, 0.5) is 10.5 Å². The molecule has 0 radical (unpaired) electrons. The number of carbonyl (C=O) groups is 1. The summed E-state index contributed by atoms with van der Waals surface area (Å²) in [4.78, 5) is 10.7. The van der Waals surface area contributed by atoms with Crippen molar-refractivity contribution in [1.82, 2.24) is 5.32 Å². The highest BCUT2D eigenvalue weighted by molar-refractivity contribution is 8.00. The Labute approximate surface area is 118 Å². The number of anilines is 1. The van der Waals surface area contributed by atoms with Gasteiger partial charge in [0.15, 0.2) is 0 Å². The van der Waals surface area contributed by atoms with E-state index in [0.29, 0.717) is 6.04 Å². The molecule has 1 fully saturated rings. The van der Waals surface area contributed by atoms with Crippen LogP contribution in [0.25, 0.3) is 0 Å². The van der Waals surface area contributed by atoms with E-state index >= 15 is 0 Å². The normalized spacial score (nSPS) is 20.2. The molecule has 5 heteroatoms. The SMILES string of the molecule is CC(NCC1CCCS1)c1ccc(NC(N)=O)cc1. The highest BCUT2D eigenvalue weighted by Gasteiger charge is 2.16. The number of hydrogen-bond donors (Lipinski definition) is 3. The van der Waals surface area contributed by atoms with Gasteiger partial charge in [0.1, 0.15) is 0 Å². The average molecular weight is 279 g/mol. The van der Waals surface area contributed by atoms with E-state index in [4.69, 9.17) is 5.73 Å². The first-order chi connectivity index (χ1) is 9.15. The van der Waals surface area contributed by atoms with Crippen molar-refractivity contribution < 1.29 is 4.79 Å². The van der Waals surface area contributed by atoms with Crippen LogP contribution < -0.4 is 16.4 Å². The van der Waals surface area contributed by atoms with E-state index in [2.05, 4.69) is 29.3 Å². The van der Waals surface area contributed by atoms with Crippen molar-refractivity contribution >= 4 is 23.5 Å². The zero-order valence-electron chi connectivity index (χ0n) is 11.2. The molecule has 0 spiro atoms. The minimum absolute atomic E-state index is 0.323. The lowest BCUT2D eigenvalue weighted by molar-refractivity contribution is 0.259. The van der Waals surface area contributed by atoms with Gasteiger partial charge in [0.05, 0.1) is 0 Å². The number of urea groups is 1. The van der Waals surface area contributed by atoms with Gasteiger partial charge in [-0.05, 0) is 43.2 Å². The molecule has 0 aromatic heterocycles. The van der Waals surface area contributed by atoms with Crippen LogP contribution in [0.5, 0.6) is 0 Å². The molecular weight excluding hydrogens is 258 g/mol. The third-order valence-corrected chi connectivity index (χ3v) is 4.75. The number of nitrogens with one attached hydrogen (secondary N) is 2. The van der Waals surface area contributed by atoms with Crippen LogP contribution in [-0.4, -0.2) is 23.6 Å². The number of amides is 2. The Hall–Kier alpha value is -1.20. The van der Waals surface area contributed by atoms with Gasteiger partial charge in [-0.1, -0.05) is 12.1 Å². The van der Waals surface area contributed by atoms with Gasteiger partial charge in [-0.3, -0.25) is 0 Å². The van der Waals surface area contributed by atoms with Crippen molar-refractivity contribution in [3.63, 3.8) is 0 Å². The summed E-state index contributed by atoms with van der Waals surface area (Å²) in [7, 11) is 0. The van der Waals surface area contributed by atoms with Gasteiger partial charge in [-0.2, -0.15) is 11.8 Å². The second-order valence-electron chi connectivity index (χ2n) is 4.88. The molecule has 1 aliphatic rings. The Morgan fingerprint density at radius 2 is 2.21 bits per heavy atom. The van der Waals surface area contributed by atoms with Gasteiger partial charge in [0, 0.05) is 23.5 Å². The maximum atomic E-state index is 10.7. The number of benzene rings is 1. The van der Waals surface area contributed by atoms with Gasteiger partial charge in [-0.25, -0.2) is 4.79 Å². The Kier molecular flexibility index (Phi) is 5.10. The highest BCUT2D eigenvalue weighted by atomic mass is 32.2. The lowest BCUT2D eigenvalue weighted by atomic mass is 10.1. The zero-order chi connectivity index (χ0) is 13.7. The molecule has 1 aromatic rings. The van der Waals surface area contributed by atoms with Crippen molar-refractivity contribution in [2.24, 2.45) is 5.73 Å². The third-order valence-electron chi connectivity index (χ3n) is 3.35. The zero-order valence-corrected chi connectivity index (χ0v) is 12.0. The predicted octanol–water partition coefficient (Wildman–Crippen LogP) is 2.72. The van der Waals surface area contributed by atoms with Crippen molar-refractivity contribution in [3.8, 4) is 0 Å². The van der Waals surface area contributed by atoms with E-state index in [-0.39, 0.29) is 0 Å². The number of primary amides is 1. The first-order valence-electron chi connectivity index (χ1n) is 6.66. The third kappa shape index (κ3) is 4.44. The molecule has 2 amide bonds. The van der Waals surface area contributed by atoms with Crippen LogP contribution in [0.1, 0.15) is 31.4 Å². The van der Waals surface area contributed by atoms with E-state index in [1.54, 1.807) is 0 Å².